The monoisotopic (exact) mass is 358 g/mol. The van der Waals surface area contributed by atoms with Gasteiger partial charge in [-0.15, -0.1) is 0 Å². The van der Waals surface area contributed by atoms with Gasteiger partial charge in [-0.1, -0.05) is 72.8 Å². The summed E-state index contributed by atoms with van der Waals surface area (Å²) < 4.78 is 12.0. The highest BCUT2D eigenvalue weighted by Crippen LogP contribution is 2.42. The largest absolute Gasteiger partial charge is 0.356 e. The van der Waals surface area contributed by atoms with E-state index in [2.05, 4.69) is 30.3 Å². The zero-order valence-electron chi connectivity index (χ0n) is 13.8. The molecular weight excluding hydrogens is 343 g/mol. The summed E-state index contributed by atoms with van der Waals surface area (Å²) in [5.41, 5.74) is 2.25. The second-order valence-corrected chi connectivity index (χ2v) is 8.10. The third-order valence-corrected chi connectivity index (χ3v) is 6.06. The Hall–Kier alpha value is -2.71. The number of rotatable bonds is 2. The second-order valence-electron chi connectivity index (χ2n) is 6.53. The topological polar surface area (TPSA) is 57.5 Å². The summed E-state index contributed by atoms with van der Waals surface area (Å²) in [5, 5.41) is 5.83. The van der Waals surface area contributed by atoms with E-state index >= 15 is 0 Å². The van der Waals surface area contributed by atoms with Crippen LogP contribution in [0.25, 0.3) is 43.4 Å². The summed E-state index contributed by atoms with van der Waals surface area (Å²) >= 11 is 0. The van der Waals surface area contributed by atoms with Crippen LogP contribution >= 0.6 is 7.60 Å². The average molecular weight is 358 g/mol. The zero-order valence-corrected chi connectivity index (χ0v) is 14.6. The molecule has 4 heteroatoms. The van der Waals surface area contributed by atoms with E-state index in [0.717, 1.165) is 38.1 Å². The predicted octanol–water partition coefficient (Wildman–Crippen LogP) is 5.05. The van der Waals surface area contributed by atoms with Gasteiger partial charge in [0.15, 0.2) is 0 Å². The molecule has 0 saturated heterocycles. The van der Waals surface area contributed by atoms with Gasteiger partial charge >= 0.3 is 7.60 Å². The molecule has 26 heavy (non-hydrogen) atoms. The van der Waals surface area contributed by atoms with E-state index in [1.54, 1.807) is 12.1 Å². The van der Waals surface area contributed by atoms with Crippen LogP contribution in [-0.2, 0) is 4.57 Å². The summed E-state index contributed by atoms with van der Waals surface area (Å²) in [6.07, 6.45) is 0. The van der Waals surface area contributed by atoms with E-state index < -0.39 is 7.60 Å². The van der Waals surface area contributed by atoms with Crippen LogP contribution < -0.4 is 5.30 Å². The van der Waals surface area contributed by atoms with Crippen LogP contribution in [0.4, 0.5) is 0 Å². The molecule has 2 N–H and O–H groups in total. The van der Waals surface area contributed by atoms with Crippen LogP contribution in [-0.4, -0.2) is 9.79 Å². The van der Waals surface area contributed by atoms with Gasteiger partial charge in [0.2, 0.25) is 0 Å². The standard InChI is InChI=1S/C22H15O3P/c23-26(24,25)20-13-9-16-7-11-18-17(14-4-2-1-3-5-14)10-6-15-8-12-19(20)22(16)21(15)18/h1-13H,(H2,23,24,25). The lowest BCUT2D eigenvalue weighted by molar-refractivity contribution is 0.388. The van der Waals surface area contributed by atoms with Gasteiger partial charge in [0.25, 0.3) is 0 Å². The Morgan fingerprint density at radius 3 is 1.88 bits per heavy atom. The van der Waals surface area contributed by atoms with Gasteiger partial charge < -0.3 is 9.79 Å². The fourth-order valence-electron chi connectivity index (χ4n) is 3.91. The first kappa shape index (κ1) is 15.5. The molecule has 0 aliphatic carbocycles. The Bertz CT molecular complexity index is 1320. The molecular formula is C22H15O3P. The fraction of sp³-hybridized carbons (Fsp3) is 0. The van der Waals surface area contributed by atoms with Crippen molar-refractivity contribution in [2.75, 3.05) is 0 Å². The SMILES string of the molecule is O=P(O)(O)c1ccc2ccc3c(-c4ccccc4)ccc4ccc1c2c43. The van der Waals surface area contributed by atoms with Crippen molar-refractivity contribution in [1.82, 2.24) is 0 Å². The summed E-state index contributed by atoms with van der Waals surface area (Å²) in [5.74, 6) is 0. The fourth-order valence-corrected chi connectivity index (χ4v) is 4.68. The number of hydrogen-bond acceptors (Lipinski definition) is 1. The Morgan fingerprint density at radius 1 is 0.615 bits per heavy atom. The Labute approximate surface area is 150 Å². The van der Waals surface area contributed by atoms with E-state index in [4.69, 9.17) is 0 Å². The van der Waals surface area contributed by atoms with E-state index in [1.165, 1.54) is 0 Å². The van der Waals surface area contributed by atoms with E-state index in [9.17, 15) is 14.4 Å². The van der Waals surface area contributed by atoms with Crippen molar-refractivity contribution in [3.05, 3.63) is 78.9 Å². The summed E-state index contributed by atoms with van der Waals surface area (Å²) in [4.78, 5) is 19.5. The summed E-state index contributed by atoms with van der Waals surface area (Å²) in [6.45, 7) is 0. The van der Waals surface area contributed by atoms with Crippen molar-refractivity contribution in [3.63, 3.8) is 0 Å². The minimum Gasteiger partial charge on any atom is -0.321 e. The molecule has 0 aliphatic heterocycles. The molecule has 0 amide bonds. The van der Waals surface area contributed by atoms with Gasteiger partial charge in [-0.05, 0) is 49.5 Å². The van der Waals surface area contributed by atoms with Crippen molar-refractivity contribution in [1.29, 1.82) is 0 Å². The molecule has 0 atom stereocenters. The minimum absolute atomic E-state index is 0.0875. The molecule has 0 aromatic heterocycles. The molecule has 0 aliphatic rings. The van der Waals surface area contributed by atoms with Gasteiger partial charge in [0.05, 0.1) is 5.30 Å². The smallest absolute Gasteiger partial charge is 0.321 e. The highest BCUT2D eigenvalue weighted by molar-refractivity contribution is 7.60. The average Bonchev–Trinajstić information content (AvgIpc) is 2.65. The first-order valence-corrected chi connectivity index (χ1v) is 9.97. The Balaban J connectivity index is 1.99. The quantitative estimate of drug-likeness (QED) is 0.343. The lowest BCUT2D eigenvalue weighted by Crippen LogP contribution is -2.05. The van der Waals surface area contributed by atoms with Crippen molar-refractivity contribution in [2.24, 2.45) is 0 Å². The summed E-state index contributed by atoms with van der Waals surface area (Å²) in [7, 11) is -4.35. The summed E-state index contributed by atoms with van der Waals surface area (Å²) in [6, 6.07) is 25.6. The molecule has 0 radical (unpaired) electrons. The van der Waals surface area contributed by atoms with Crippen LogP contribution in [0.1, 0.15) is 0 Å². The Morgan fingerprint density at radius 2 is 1.19 bits per heavy atom. The van der Waals surface area contributed by atoms with Crippen LogP contribution in [0, 0.1) is 0 Å². The molecule has 5 aromatic carbocycles. The lowest BCUT2D eigenvalue weighted by atomic mass is 9.90. The van der Waals surface area contributed by atoms with Crippen molar-refractivity contribution in [3.8, 4) is 11.1 Å². The van der Waals surface area contributed by atoms with E-state index in [1.807, 2.05) is 36.4 Å². The highest BCUT2D eigenvalue weighted by Gasteiger charge is 2.22. The molecule has 0 unspecified atom stereocenters. The molecule has 0 spiro atoms. The second kappa shape index (κ2) is 5.39. The third kappa shape index (κ3) is 2.19. The van der Waals surface area contributed by atoms with Crippen LogP contribution in [0.3, 0.4) is 0 Å². The maximum absolute atomic E-state index is 12.0. The molecule has 5 rings (SSSR count). The van der Waals surface area contributed by atoms with Crippen molar-refractivity contribution in [2.45, 2.75) is 0 Å². The molecule has 5 aromatic rings. The normalized spacial score (nSPS) is 12.4. The van der Waals surface area contributed by atoms with Gasteiger partial charge in [-0.25, -0.2) is 0 Å². The van der Waals surface area contributed by atoms with Gasteiger partial charge in [-0.3, -0.25) is 4.57 Å². The maximum atomic E-state index is 12.0. The molecule has 0 heterocycles. The predicted molar refractivity (Wildman–Crippen MR) is 107 cm³/mol. The zero-order chi connectivity index (χ0) is 17.9. The van der Waals surface area contributed by atoms with Gasteiger partial charge in [-0.2, -0.15) is 0 Å². The van der Waals surface area contributed by atoms with Crippen LogP contribution in [0.5, 0.6) is 0 Å². The molecule has 0 bridgehead atoms. The van der Waals surface area contributed by atoms with Crippen molar-refractivity contribution < 1.29 is 14.4 Å². The Kier molecular flexibility index (Phi) is 3.22. The minimum atomic E-state index is -4.35. The van der Waals surface area contributed by atoms with E-state index in [0.29, 0.717) is 5.39 Å². The van der Waals surface area contributed by atoms with E-state index in [-0.39, 0.29) is 5.30 Å². The van der Waals surface area contributed by atoms with Crippen LogP contribution in [0.15, 0.2) is 78.9 Å². The third-order valence-electron chi connectivity index (χ3n) is 5.04. The van der Waals surface area contributed by atoms with Gasteiger partial charge in [0.1, 0.15) is 0 Å². The van der Waals surface area contributed by atoms with Crippen molar-refractivity contribution >= 4 is 45.2 Å². The first-order chi connectivity index (χ1) is 12.5. The lowest BCUT2D eigenvalue weighted by Gasteiger charge is -2.16. The molecule has 0 saturated carbocycles. The highest BCUT2D eigenvalue weighted by atomic mass is 31.2. The molecule has 126 valence electrons. The number of benzene rings is 5. The molecule has 3 nitrogen and oxygen atoms in total. The van der Waals surface area contributed by atoms with Crippen LogP contribution in [0.2, 0.25) is 0 Å². The first-order valence-electron chi connectivity index (χ1n) is 8.36. The molecule has 0 fully saturated rings. The van der Waals surface area contributed by atoms with Gasteiger partial charge in [0, 0.05) is 0 Å². The number of hydrogen-bond donors (Lipinski definition) is 2. The maximum Gasteiger partial charge on any atom is 0.356 e.